The van der Waals surface area contributed by atoms with Gasteiger partial charge in [-0.2, -0.15) is 0 Å². The number of hydrogen-bond donors (Lipinski definition) is 1. The number of nitrogens with zero attached hydrogens (tertiary/aromatic N) is 1. The van der Waals surface area contributed by atoms with E-state index in [9.17, 15) is 18.7 Å². The van der Waals surface area contributed by atoms with Gasteiger partial charge in [-0.1, -0.05) is 30.3 Å². The molecule has 0 unspecified atom stereocenters. The van der Waals surface area contributed by atoms with Crippen LogP contribution in [-0.4, -0.2) is 54.8 Å². The highest BCUT2D eigenvalue weighted by Gasteiger charge is 2.55. The van der Waals surface area contributed by atoms with Crippen molar-refractivity contribution in [3.8, 4) is 0 Å². The summed E-state index contributed by atoms with van der Waals surface area (Å²) in [6.07, 6.45) is 3.21. The molecule has 7 heteroatoms. The third-order valence-corrected chi connectivity index (χ3v) is 5.79. The maximum Gasteiger partial charge on any atom is 0.343 e. The number of esters is 1. The van der Waals surface area contributed by atoms with E-state index in [0.717, 1.165) is 0 Å². The van der Waals surface area contributed by atoms with E-state index < -0.39 is 35.9 Å². The van der Waals surface area contributed by atoms with E-state index in [1.807, 2.05) is 12.2 Å². The Labute approximate surface area is 175 Å². The van der Waals surface area contributed by atoms with Crippen molar-refractivity contribution < 1.29 is 44.9 Å². The highest BCUT2D eigenvalue weighted by molar-refractivity contribution is 5.82. The van der Waals surface area contributed by atoms with Gasteiger partial charge in [0.15, 0.2) is 5.60 Å². The Bertz CT molecular complexity index is 720. The molecular formula is C21H28BrF2NO3. The third kappa shape index (κ3) is 4.63. The number of likely N-dealkylation sites (N-methyl/N-ethyl adjacent to an activating group) is 1. The van der Waals surface area contributed by atoms with Crippen molar-refractivity contribution in [2.45, 2.75) is 49.4 Å². The standard InChI is InChI=1S/C21H28F2NO3.BrH/c1-24(2,3)17-9-10-18(13-17)27-19(25)21(26,15-7-5-4-6-8-15)16-11-12-20(22,23)14-16;/h4-10,16-18,26H,11-14H2,1-3H3;1H/q+1;/p-1/t16-,17-,18-,21+;/m1./s1. The van der Waals surface area contributed by atoms with Gasteiger partial charge in [-0.25, -0.2) is 13.6 Å². The van der Waals surface area contributed by atoms with Crippen molar-refractivity contribution >= 4 is 5.97 Å². The number of benzene rings is 1. The van der Waals surface area contributed by atoms with E-state index in [-0.39, 0.29) is 35.9 Å². The van der Waals surface area contributed by atoms with Gasteiger partial charge in [0.05, 0.1) is 21.1 Å². The normalized spacial score (nSPS) is 28.4. The zero-order valence-electron chi connectivity index (χ0n) is 16.4. The summed E-state index contributed by atoms with van der Waals surface area (Å²) in [6.45, 7) is 0. The topological polar surface area (TPSA) is 46.5 Å². The first-order valence-corrected chi connectivity index (χ1v) is 9.38. The van der Waals surface area contributed by atoms with Crippen LogP contribution < -0.4 is 17.0 Å². The number of aliphatic hydroxyl groups is 1. The highest BCUT2D eigenvalue weighted by atomic mass is 79.9. The van der Waals surface area contributed by atoms with Crippen LogP contribution in [0.5, 0.6) is 0 Å². The molecule has 1 N–H and O–H groups in total. The second-order valence-electron chi connectivity index (χ2n) is 8.68. The molecule has 0 amide bonds. The van der Waals surface area contributed by atoms with Gasteiger partial charge in [0.1, 0.15) is 12.1 Å². The lowest BCUT2D eigenvalue weighted by Crippen LogP contribution is -3.00. The smallest absolute Gasteiger partial charge is 0.343 e. The zero-order valence-corrected chi connectivity index (χ0v) is 18.0. The van der Waals surface area contributed by atoms with Crippen LogP contribution in [0.15, 0.2) is 42.5 Å². The lowest BCUT2D eigenvalue weighted by molar-refractivity contribution is -0.889. The van der Waals surface area contributed by atoms with E-state index in [0.29, 0.717) is 16.5 Å². The molecule has 1 aromatic rings. The Hall–Kier alpha value is -1.31. The largest absolute Gasteiger partial charge is 1.00 e. The molecule has 1 aromatic carbocycles. The summed E-state index contributed by atoms with van der Waals surface area (Å²) in [6, 6.07) is 8.51. The van der Waals surface area contributed by atoms with Crippen molar-refractivity contribution in [3.63, 3.8) is 0 Å². The van der Waals surface area contributed by atoms with Gasteiger partial charge in [-0.3, -0.25) is 0 Å². The molecule has 0 radical (unpaired) electrons. The van der Waals surface area contributed by atoms with Gasteiger partial charge < -0.3 is 31.3 Å². The minimum Gasteiger partial charge on any atom is -1.00 e. The van der Waals surface area contributed by atoms with Gasteiger partial charge in [-0.15, -0.1) is 0 Å². The molecule has 0 saturated heterocycles. The van der Waals surface area contributed by atoms with E-state index in [2.05, 4.69) is 21.1 Å². The first-order chi connectivity index (χ1) is 12.5. The fraction of sp³-hybridized carbons (Fsp3) is 0.571. The van der Waals surface area contributed by atoms with Crippen molar-refractivity contribution in [1.82, 2.24) is 0 Å². The minimum absolute atomic E-state index is 0. The van der Waals surface area contributed by atoms with Crippen LogP contribution in [0, 0.1) is 5.92 Å². The number of halogens is 3. The zero-order chi connectivity index (χ0) is 19.9. The van der Waals surface area contributed by atoms with Crippen LogP contribution >= 0.6 is 0 Å². The molecule has 156 valence electrons. The molecule has 2 aliphatic carbocycles. The number of quaternary nitrogens is 1. The average molecular weight is 460 g/mol. The lowest BCUT2D eigenvalue weighted by atomic mass is 9.80. The molecule has 2 aliphatic rings. The molecule has 0 heterocycles. The summed E-state index contributed by atoms with van der Waals surface area (Å²) >= 11 is 0. The van der Waals surface area contributed by atoms with Gasteiger partial charge in [-0.05, 0) is 24.1 Å². The van der Waals surface area contributed by atoms with Crippen molar-refractivity contribution in [2.75, 3.05) is 21.1 Å². The Morgan fingerprint density at radius 3 is 2.36 bits per heavy atom. The van der Waals surface area contributed by atoms with Crippen LogP contribution in [0.2, 0.25) is 0 Å². The number of hydrogen-bond acceptors (Lipinski definition) is 3. The van der Waals surface area contributed by atoms with E-state index >= 15 is 0 Å². The summed E-state index contributed by atoms with van der Waals surface area (Å²) in [5.41, 5.74) is -1.76. The van der Waals surface area contributed by atoms with Crippen LogP contribution in [-0.2, 0) is 15.1 Å². The number of carbonyl (C=O) groups is 1. The van der Waals surface area contributed by atoms with Crippen molar-refractivity contribution in [2.24, 2.45) is 5.92 Å². The summed E-state index contributed by atoms with van der Waals surface area (Å²) in [7, 11) is 6.17. The van der Waals surface area contributed by atoms with Gasteiger partial charge in [0.25, 0.3) is 0 Å². The van der Waals surface area contributed by atoms with E-state index in [4.69, 9.17) is 4.74 Å². The van der Waals surface area contributed by atoms with Crippen molar-refractivity contribution in [1.29, 1.82) is 0 Å². The Morgan fingerprint density at radius 1 is 1.21 bits per heavy atom. The predicted octanol–water partition coefficient (Wildman–Crippen LogP) is 0.260. The maximum atomic E-state index is 13.8. The lowest BCUT2D eigenvalue weighted by Gasteiger charge is -2.34. The van der Waals surface area contributed by atoms with Gasteiger partial charge in [0.2, 0.25) is 5.92 Å². The predicted molar refractivity (Wildman–Crippen MR) is 98.1 cm³/mol. The average Bonchev–Trinajstić information content (AvgIpc) is 3.21. The summed E-state index contributed by atoms with van der Waals surface area (Å²) in [5.74, 6) is -4.58. The second kappa shape index (κ2) is 8.20. The van der Waals surface area contributed by atoms with Gasteiger partial charge in [0, 0.05) is 25.2 Å². The minimum atomic E-state index is -2.87. The van der Waals surface area contributed by atoms with Crippen LogP contribution in [0.3, 0.4) is 0 Å². The molecular weight excluding hydrogens is 432 g/mol. The second-order valence-corrected chi connectivity index (χ2v) is 8.68. The molecule has 0 aromatic heterocycles. The Morgan fingerprint density at radius 2 is 1.86 bits per heavy atom. The fourth-order valence-corrected chi connectivity index (χ4v) is 4.06. The Kier molecular flexibility index (Phi) is 6.73. The third-order valence-electron chi connectivity index (χ3n) is 5.79. The molecule has 0 aliphatic heterocycles. The van der Waals surface area contributed by atoms with Crippen LogP contribution in [0.1, 0.15) is 31.2 Å². The number of ether oxygens (including phenoxy) is 1. The number of rotatable bonds is 5. The van der Waals surface area contributed by atoms with Crippen LogP contribution in [0.25, 0.3) is 0 Å². The molecule has 4 nitrogen and oxygen atoms in total. The number of carbonyl (C=O) groups excluding carboxylic acids is 1. The van der Waals surface area contributed by atoms with Crippen molar-refractivity contribution in [3.05, 3.63) is 48.0 Å². The SMILES string of the molecule is C[N+](C)(C)[C@@H]1C=C[C@@H](OC(=O)[C@](O)(c2ccccc2)[C@@H]2CCC(F)(F)C2)C1.[Br-]. The molecule has 1 fully saturated rings. The van der Waals surface area contributed by atoms with Crippen LogP contribution in [0.4, 0.5) is 8.78 Å². The van der Waals surface area contributed by atoms with E-state index in [1.165, 1.54) is 0 Å². The number of alkyl halides is 2. The summed E-state index contributed by atoms with van der Waals surface area (Å²) < 4.78 is 33.9. The van der Waals surface area contributed by atoms with Gasteiger partial charge >= 0.3 is 5.97 Å². The molecule has 4 atom stereocenters. The summed E-state index contributed by atoms with van der Waals surface area (Å²) in [4.78, 5) is 13.0. The quantitative estimate of drug-likeness (QED) is 0.390. The molecule has 1 saturated carbocycles. The van der Waals surface area contributed by atoms with E-state index in [1.54, 1.807) is 30.3 Å². The first kappa shape index (κ1) is 23.0. The first-order valence-electron chi connectivity index (χ1n) is 9.38. The monoisotopic (exact) mass is 459 g/mol. The Balaban J connectivity index is 0.00000280. The summed E-state index contributed by atoms with van der Waals surface area (Å²) in [5, 5.41) is 11.3. The molecule has 3 rings (SSSR count). The maximum absolute atomic E-state index is 13.8. The fourth-order valence-electron chi connectivity index (χ4n) is 4.06. The molecule has 0 spiro atoms. The highest BCUT2D eigenvalue weighted by Crippen LogP contribution is 2.48. The molecule has 28 heavy (non-hydrogen) atoms. The molecule has 0 bridgehead atoms.